The van der Waals surface area contributed by atoms with Crippen molar-refractivity contribution in [3.8, 4) is 0 Å². The highest BCUT2D eigenvalue weighted by Crippen LogP contribution is 2.39. The number of amides is 1. The van der Waals surface area contributed by atoms with Crippen molar-refractivity contribution in [1.82, 2.24) is 0 Å². The van der Waals surface area contributed by atoms with Gasteiger partial charge in [-0.05, 0) is 56.3 Å². The fourth-order valence-corrected chi connectivity index (χ4v) is 2.94. The first-order valence-electron chi connectivity index (χ1n) is 6.71. The number of anilines is 2. The number of benzene rings is 2. The summed E-state index contributed by atoms with van der Waals surface area (Å²) in [5, 5.41) is 12.7. The number of carbonyl (C=O) groups is 1. The summed E-state index contributed by atoms with van der Waals surface area (Å²) >= 11 is 11.9. The van der Waals surface area contributed by atoms with Gasteiger partial charge in [0.25, 0.3) is 5.91 Å². The lowest BCUT2D eigenvalue weighted by atomic mass is 10.0. The summed E-state index contributed by atoms with van der Waals surface area (Å²) in [6.45, 7) is 3.51. The molecule has 22 heavy (non-hydrogen) atoms. The minimum Gasteiger partial charge on any atom is -0.286 e. The third kappa shape index (κ3) is 2.24. The smallest absolute Gasteiger partial charge is 0.262 e. The molecule has 2 aromatic carbocycles. The molecule has 2 aromatic rings. The molecule has 1 amide bonds. The largest absolute Gasteiger partial charge is 0.286 e. The molecular formula is C16H14Cl2N2O2. The van der Waals surface area contributed by atoms with Crippen LogP contribution in [0, 0.1) is 0 Å². The average Bonchev–Trinajstić information content (AvgIpc) is 2.47. The normalized spacial score (nSPS) is 16.7. The fourth-order valence-electron chi connectivity index (χ4n) is 2.64. The zero-order valence-electron chi connectivity index (χ0n) is 12.0. The molecule has 1 N–H and O–H groups in total. The van der Waals surface area contributed by atoms with Gasteiger partial charge in [-0.2, -0.15) is 0 Å². The highest BCUT2D eigenvalue weighted by molar-refractivity contribution is 6.31. The molecule has 114 valence electrons. The lowest BCUT2D eigenvalue weighted by Crippen LogP contribution is -2.62. The summed E-state index contributed by atoms with van der Waals surface area (Å²) in [7, 11) is 0. The summed E-state index contributed by atoms with van der Waals surface area (Å²) in [6, 6.07) is 11.7. The molecule has 0 fully saturated rings. The molecular weight excluding hydrogens is 323 g/mol. The van der Waals surface area contributed by atoms with E-state index in [2.05, 4.69) is 0 Å². The van der Waals surface area contributed by atoms with E-state index in [-0.39, 0.29) is 5.91 Å². The van der Waals surface area contributed by atoms with Crippen molar-refractivity contribution in [1.29, 1.82) is 0 Å². The first-order valence-corrected chi connectivity index (χ1v) is 7.47. The third-order valence-electron chi connectivity index (χ3n) is 3.77. The predicted octanol–water partition coefficient (Wildman–Crippen LogP) is 4.59. The van der Waals surface area contributed by atoms with E-state index in [4.69, 9.17) is 23.2 Å². The van der Waals surface area contributed by atoms with E-state index in [0.717, 1.165) is 5.06 Å². The molecule has 0 unspecified atom stereocenters. The van der Waals surface area contributed by atoms with Crippen LogP contribution in [0.15, 0.2) is 42.5 Å². The van der Waals surface area contributed by atoms with Gasteiger partial charge in [-0.1, -0.05) is 23.2 Å². The van der Waals surface area contributed by atoms with Crippen molar-refractivity contribution in [2.45, 2.75) is 19.5 Å². The molecule has 4 nitrogen and oxygen atoms in total. The van der Waals surface area contributed by atoms with Crippen molar-refractivity contribution in [3.05, 3.63) is 58.1 Å². The second-order valence-corrected chi connectivity index (χ2v) is 6.46. The molecule has 0 saturated heterocycles. The highest BCUT2D eigenvalue weighted by atomic mass is 35.5. The lowest BCUT2D eigenvalue weighted by molar-refractivity contribution is 0.0873. The predicted molar refractivity (Wildman–Crippen MR) is 88.1 cm³/mol. The van der Waals surface area contributed by atoms with Gasteiger partial charge in [0.1, 0.15) is 5.66 Å². The Hall–Kier alpha value is -1.75. The van der Waals surface area contributed by atoms with Crippen LogP contribution in [0.5, 0.6) is 0 Å². The second kappa shape index (κ2) is 5.16. The highest BCUT2D eigenvalue weighted by Gasteiger charge is 2.44. The number of hydroxylamine groups is 1. The topological polar surface area (TPSA) is 43.8 Å². The Labute approximate surface area is 138 Å². The van der Waals surface area contributed by atoms with Crippen LogP contribution in [-0.2, 0) is 0 Å². The van der Waals surface area contributed by atoms with Crippen molar-refractivity contribution in [2.75, 3.05) is 9.96 Å². The summed E-state index contributed by atoms with van der Waals surface area (Å²) in [6.07, 6.45) is 0. The van der Waals surface area contributed by atoms with Crippen LogP contribution in [0.25, 0.3) is 0 Å². The first kappa shape index (κ1) is 15.2. The van der Waals surface area contributed by atoms with E-state index < -0.39 is 5.66 Å². The SMILES string of the molecule is CC1(C)N(O)c2cc(Cl)ccc2C(=O)N1c1ccc(Cl)cc1. The Morgan fingerprint density at radius 2 is 1.59 bits per heavy atom. The molecule has 1 heterocycles. The third-order valence-corrected chi connectivity index (χ3v) is 4.26. The Kier molecular flexibility index (Phi) is 3.56. The van der Waals surface area contributed by atoms with Gasteiger partial charge in [0.2, 0.25) is 0 Å². The van der Waals surface area contributed by atoms with Crippen LogP contribution in [0.1, 0.15) is 24.2 Å². The Balaban J connectivity index is 2.17. The fraction of sp³-hybridized carbons (Fsp3) is 0.188. The molecule has 0 saturated carbocycles. The quantitative estimate of drug-likeness (QED) is 0.828. The van der Waals surface area contributed by atoms with Crippen LogP contribution in [0.4, 0.5) is 11.4 Å². The molecule has 0 radical (unpaired) electrons. The number of nitrogens with zero attached hydrogens (tertiary/aromatic N) is 2. The maximum Gasteiger partial charge on any atom is 0.262 e. The number of fused-ring (bicyclic) bond motifs is 1. The molecule has 0 atom stereocenters. The van der Waals surface area contributed by atoms with Crippen LogP contribution in [0.2, 0.25) is 10.0 Å². The minimum absolute atomic E-state index is 0.204. The van der Waals surface area contributed by atoms with E-state index in [1.807, 2.05) is 0 Å². The van der Waals surface area contributed by atoms with E-state index >= 15 is 0 Å². The number of hydrogen-bond donors (Lipinski definition) is 1. The van der Waals surface area contributed by atoms with Crippen LogP contribution in [-0.4, -0.2) is 16.8 Å². The van der Waals surface area contributed by atoms with Gasteiger partial charge in [0.15, 0.2) is 0 Å². The van der Waals surface area contributed by atoms with Crippen molar-refractivity contribution in [3.63, 3.8) is 0 Å². The summed E-state index contributed by atoms with van der Waals surface area (Å²) in [4.78, 5) is 14.4. The number of rotatable bonds is 1. The zero-order valence-corrected chi connectivity index (χ0v) is 13.6. The van der Waals surface area contributed by atoms with E-state index in [0.29, 0.717) is 27.0 Å². The molecule has 6 heteroatoms. The molecule has 3 rings (SSSR count). The van der Waals surface area contributed by atoms with Gasteiger partial charge in [-0.25, -0.2) is 5.06 Å². The zero-order chi connectivity index (χ0) is 16.1. The Bertz CT molecular complexity index is 744. The van der Waals surface area contributed by atoms with Crippen LogP contribution < -0.4 is 9.96 Å². The van der Waals surface area contributed by atoms with Gasteiger partial charge >= 0.3 is 0 Å². The first-order chi connectivity index (χ1) is 10.3. The van der Waals surface area contributed by atoms with E-state index in [1.165, 1.54) is 4.90 Å². The number of hydrogen-bond acceptors (Lipinski definition) is 3. The molecule has 1 aliphatic rings. The van der Waals surface area contributed by atoms with Crippen LogP contribution in [0.3, 0.4) is 0 Å². The van der Waals surface area contributed by atoms with Crippen molar-refractivity contribution >= 4 is 40.5 Å². The van der Waals surface area contributed by atoms with Crippen molar-refractivity contribution < 1.29 is 10.0 Å². The molecule has 0 spiro atoms. The minimum atomic E-state index is -0.970. The molecule has 1 aliphatic heterocycles. The van der Waals surface area contributed by atoms with Gasteiger partial charge < -0.3 is 0 Å². The number of carbonyl (C=O) groups excluding carboxylic acids is 1. The Morgan fingerprint density at radius 1 is 1.00 bits per heavy atom. The van der Waals surface area contributed by atoms with Crippen LogP contribution >= 0.6 is 23.2 Å². The van der Waals surface area contributed by atoms with Gasteiger partial charge in [-0.15, -0.1) is 0 Å². The maximum absolute atomic E-state index is 12.9. The monoisotopic (exact) mass is 336 g/mol. The summed E-state index contributed by atoms with van der Waals surface area (Å²) in [5.74, 6) is -0.204. The molecule has 0 aromatic heterocycles. The Morgan fingerprint density at radius 3 is 2.23 bits per heavy atom. The average molecular weight is 337 g/mol. The second-order valence-electron chi connectivity index (χ2n) is 5.58. The van der Waals surface area contributed by atoms with Gasteiger partial charge in [0.05, 0.1) is 11.3 Å². The molecule has 0 aliphatic carbocycles. The number of halogens is 2. The van der Waals surface area contributed by atoms with Crippen molar-refractivity contribution in [2.24, 2.45) is 0 Å². The van der Waals surface area contributed by atoms with Gasteiger partial charge in [0, 0.05) is 15.7 Å². The van der Waals surface area contributed by atoms with E-state index in [1.54, 1.807) is 56.3 Å². The summed E-state index contributed by atoms with van der Waals surface area (Å²) in [5.41, 5.74) is 0.468. The van der Waals surface area contributed by atoms with Gasteiger partial charge in [-0.3, -0.25) is 14.9 Å². The maximum atomic E-state index is 12.9. The van der Waals surface area contributed by atoms with E-state index in [9.17, 15) is 10.0 Å². The lowest BCUT2D eigenvalue weighted by Gasteiger charge is -2.48. The molecule has 0 bridgehead atoms. The standard InChI is InChI=1S/C16H14Cl2N2O2/c1-16(2)19(12-6-3-10(17)4-7-12)15(21)13-8-5-11(18)9-14(13)20(16)22/h3-9,22H,1-2H3. The summed E-state index contributed by atoms with van der Waals surface area (Å²) < 4.78 is 0.